The quantitative estimate of drug-likeness (QED) is 0.775. The van der Waals surface area contributed by atoms with E-state index < -0.39 is 0 Å². The second-order valence-electron chi connectivity index (χ2n) is 3.97. The Morgan fingerprint density at radius 2 is 1.93 bits per heavy atom. The summed E-state index contributed by atoms with van der Waals surface area (Å²) in [6, 6.07) is 9.54. The highest BCUT2D eigenvalue weighted by Gasteiger charge is 2.21. The van der Waals surface area contributed by atoms with Gasteiger partial charge in [-0.15, -0.1) is 0 Å². The van der Waals surface area contributed by atoms with Crippen LogP contribution >= 0.6 is 0 Å². The molecule has 2 heteroatoms. The molecule has 1 aliphatic heterocycles. The van der Waals surface area contributed by atoms with Gasteiger partial charge in [0.2, 0.25) is 0 Å². The van der Waals surface area contributed by atoms with Crippen LogP contribution in [0, 0.1) is 0 Å². The Balaban J connectivity index is 2.09. The van der Waals surface area contributed by atoms with Crippen LogP contribution in [0.3, 0.4) is 0 Å². The van der Waals surface area contributed by atoms with Gasteiger partial charge in [0.25, 0.3) is 0 Å². The molecule has 2 rings (SSSR count). The largest absolute Gasteiger partial charge is 0.497 e. The van der Waals surface area contributed by atoms with E-state index in [9.17, 15) is 0 Å². The van der Waals surface area contributed by atoms with Gasteiger partial charge in [0.05, 0.1) is 7.11 Å². The fourth-order valence-electron chi connectivity index (χ4n) is 2.03. The summed E-state index contributed by atoms with van der Waals surface area (Å²) in [6.45, 7) is 2.24. The molecular formula is C12H17NO. The van der Waals surface area contributed by atoms with Crippen molar-refractivity contribution in [2.75, 3.05) is 7.11 Å². The van der Waals surface area contributed by atoms with Crippen LogP contribution in [0.4, 0.5) is 0 Å². The third kappa shape index (κ3) is 1.90. The van der Waals surface area contributed by atoms with Gasteiger partial charge in [-0.1, -0.05) is 12.1 Å². The number of benzene rings is 1. The van der Waals surface area contributed by atoms with Crippen LogP contribution in [-0.2, 0) is 0 Å². The number of hydrogen-bond donors (Lipinski definition) is 1. The van der Waals surface area contributed by atoms with E-state index in [-0.39, 0.29) is 0 Å². The molecule has 0 aliphatic carbocycles. The molecule has 2 atom stereocenters. The summed E-state index contributed by atoms with van der Waals surface area (Å²) in [5, 5.41) is 3.57. The standard InChI is InChI=1S/C12H17NO/c1-9-3-8-12(13-9)10-4-6-11(14-2)7-5-10/h4-7,9,12-13H,3,8H2,1-2H3/t9-,12-/m1/s1. The van der Waals surface area contributed by atoms with Crippen LogP contribution in [0.2, 0.25) is 0 Å². The predicted molar refractivity (Wildman–Crippen MR) is 57.6 cm³/mol. The molecule has 1 aliphatic rings. The molecule has 1 saturated heterocycles. The summed E-state index contributed by atoms with van der Waals surface area (Å²) in [4.78, 5) is 0. The molecule has 1 heterocycles. The fourth-order valence-corrected chi connectivity index (χ4v) is 2.03. The van der Waals surface area contributed by atoms with Crippen molar-refractivity contribution in [3.63, 3.8) is 0 Å². The first kappa shape index (κ1) is 9.53. The lowest BCUT2D eigenvalue weighted by Gasteiger charge is -2.12. The summed E-state index contributed by atoms with van der Waals surface area (Å²) in [6.07, 6.45) is 2.52. The summed E-state index contributed by atoms with van der Waals surface area (Å²) >= 11 is 0. The number of ether oxygens (including phenoxy) is 1. The average molecular weight is 191 g/mol. The van der Waals surface area contributed by atoms with E-state index in [2.05, 4.69) is 24.4 Å². The van der Waals surface area contributed by atoms with Gasteiger partial charge in [0, 0.05) is 12.1 Å². The monoisotopic (exact) mass is 191 g/mol. The molecule has 0 radical (unpaired) electrons. The zero-order valence-electron chi connectivity index (χ0n) is 8.79. The maximum absolute atomic E-state index is 5.13. The Morgan fingerprint density at radius 1 is 1.21 bits per heavy atom. The minimum Gasteiger partial charge on any atom is -0.497 e. The SMILES string of the molecule is COc1ccc([C@H]2CC[C@@H](C)N2)cc1. The Kier molecular flexibility index (Phi) is 2.73. The fraction of sp³-hybridized carbons (Fsp3) is 0.500. The van der Waals surface area contributed by atoms with Gasteiger partial charge in [0.15, 0.2) is 0 Å². The zero-order valence-corrected chi connectivity index (χ0v) is 8.79. The van der Waals surface area contributed by atoms with Crippen LogP contribution in [-0.4, -0.2) is 13.2 Å². The predicted octanol–water partition coefficient (Wildman–Crippen LogP) is 2.51. The highest BCUT2D eigenvalue weighted by Crippen LogP contribution is 2.27. The van der Waals surface area contributed by atoms with Crippen LogP contribution in [0.5, 0.6) is 5.75 Å². The molecule has 1 fully saturated rings. The molecule has 0 spiro atoms. The molecule has 14 heavy (non-hydrogen) atoms. The van der Waals surface area contributed by atoms with Gasteiger partial charge in [-0.3, -0.25) is 0 Å². The molecule has 1 aromatic rings. The van der Waals surface area contributed by atoms with Crippen molar-refractivity contribution < 1.29 is 4.74 Å². The average Bonchev–Trinajstić information content (AvgIpc) is 2.65. The number of methoxy groups -OCH3 is 1. The van der Waals surface area contributed by atoms with Crippen molar-refractivity contribution in [1.82, 2.24) is 5.32 Å². The molecule has 1 N–H and O–H groups in total. The molecule has 0 bridgehead atoms. The van der Waals surface area contributed by atoms with Crippen molar-refractivity contribution >= 4 is 0 Å². The van der Waals surface area contributed by atoms with Gasteiger partial charge >= 0.3 is 0 Å². The van der Waals surface area contributed by atoms with E-state index in [0.29, 0.717) is 12.1 Å². The normalized spacial score (nSPS) is 26.4. The lowest BCUT2D eigenvalue weighted by atomic mass is 10.1. The molecule has 0 unspecified atom stereocenters. The second kappa shape index (κ2) is 4.01. The highest BCUT2D eigenvalue weighted by molar-refractivity contribution is 5.29. The van der Waals surface area contributed by atoms with Gasteiger partial charge in [0.1, 0.15) is 5.75 Å². The Hall–Kier alpha value is -1.02. The Morgan fingerprint density at radius 3 is 2.43 bits per heavy atom. The van der Waals surface area contributed by atoms with Gasteiger partial charge in [-0.2, -0.15) is 0 Å². The van der Waals surface area contributed by atoms with E-state index in [1.54, 1.807) is 7.11 Å². The summed E-state index contributed by atoms with van der Waals surface area (Å²) in [5.74, 6) is 0.930. The topological polar surface area (TPSA) is 21.3 Å². The number of hydrogen-bond acceptors (Lipinski definition) is 2. The van der Waals surface area contributed by atoms with Crippen molar-refractivity contribution in [3.8, 4) is 5.75 Å². The summed E-state index contributed by atoms with van der Waals surface area (Å²) in [5.41, 5.74) is 1.37. The van der Waals surface area contributed by atoms with Crippen molar-refractivity contribution in [3.05, 3.63) is 29.8 Å². The van der Waals surface area contributed by atoms with E-state index in [1.165, 1.54) is 18.4 Å². The third-order valence-corrected chi connectivity index (χ3v) is 2.89. The first-order valence-electron chi connectivity index (χ1n) is 5.19. The molecule has 1 aromatic carbocycles. The first-order chi connectivity index (χ1) is 6.79. The van der Waals surface area contributed by atoms with Crippen LogP contribution in [0.1, 0.15) is 31.4 Å². The molecule has 76 valence electrons. The van der Waals surface area contributed by atoms with Crippen LogP contribution in [0.25, 0.3) is 0 Å². The van der Waals surface area contributed by atoms with E-state index in [0.717, 1.165) is 5.75 Å². The first-order valence-corrected chi connectivity index (χ1v) is 5.19. The minimum atomic E-state index is 0.538. The lowest BCUT2D eigenvalue weighted by Crippen LogP contribution is -2.20. The minimum absolute atomic E-state index is 0.538. The molecular weight excluding hydrogens is 174 g/mol. The molecule has 0 saturated carbocycles. The summed E-state index contributed by atoms with van der Waals surface area (Å²) < 4.78 is 5.13. The van der Waals surface area contributed by atoms with Crippen LogP contribution < -0.4 is 10.1 Å². The van der Waals surface area contributed by atoms with Crippen LogP contribution in [0.15, 0.2) is 24.3 Å². The number of rotatable bonds is 2. The van der Waals surface area contributed by atoms with Crippen molar-refractivity contribution in [2.24, 2.45) is 0 Å². The molecule has 0 amide bonds. The van der Waals surface area contributed by atoms with Gasteiger partial charge in [-0.05, 0) is 37.5 Å². The molecule has 2 nitrogen and oxygen atoms in total. The van der Waals surface area contributed by atoms with Gasteiger partial charge in [-0.25, -0.2) is 0 Å². The van der Waals surface area contributed by atoms with E-state index >= 15 is 0 Å². The smallest absolute Gasteiger partial charge is 0.118 e. The second-order valence-corrected chi connectivity index (χ2v) is 3.97. The molecule has 0 aromatic heterocycles. The third-order valence-electron chi connectivity index (χ3n) is 2.89. The van der Waals surface area contributed by atoms with E-state index in [1.807, 2.05) is 12.1 Å². The zero-order chi connectivity index (χ0) is 9.97. The lowest BCUT2D eigenvalue weighted by molar-refractivity contribution is 0.414. The Labute approximate surface area is 85.3 Å². The summed E-state index contributed by atoms with van der Waals surface area (Å²) in [7, 11) is 1.70. The maximum Gasteiger partial charge on any atom is 0.118 e. The number of nitrogens with one attached hydrogen (secondary N) is 1. The Bertz CT molecular complexity index is 294. The maximum atomic E-state index is 5.13. The highest BCUT2D eigenvalue weighted by atomic mass is 16.5. The van der Waals surface area contributed by atoms with Gasteiger partial charge < -0.3 is 10.1 Å². The van der Waals surface area contributed by atoms with E-state index in [4.69, 9.17) is 4.74 Å². The van der Waals surface area contributed by atoms with Crippen molar-refractivity contribution in [2.45, 2.75) is 31.8 Å². The van der Waals surface area contributed by atoms with Crippen molar-refractivity contribution in [1.29, 1.82) is 0 Å².